The minimum atomic E-state index is -0.470. The highest BCUT2D eigenvalue weighted by molar-refractivity contribution is 9.10. The van der Waals surface area contributed by atoms with E-state index in [9.17, 15) is 9.59 Å². The molecule has 19 heavy (non-hydrogen) atoms. The van der Waals surface area contributed by atoms with E-state index in [4.69, 9.17) is 0 Å². The summed E-state index contributed by atoms with van der Waals surface area (Å²) >= 11 is 3.17. The minimum Gasteiger partial charge on any atom is -0.465 e. The fourth-order valence-corrected chi connectivity index (χ4v) is 2.20. The normalized spacial score (nSPS) is 10.2. The molecule has 5 heteroatoms. The maximum Gasteiger partial charge on any atom is 0.339 e. The lowest BCUT2D eigenvalue weighted by Crippen LogP contribution is -2.22. The Morgan fingerprint density at radius 3 is 2.63 bits per heavy atom. The molecular weight excluding hydrogens is 310 g/mol. The van der Waals surface area contributed by atoms with Gasteiger partial charge in [-0.05, 0) is 27.6 Å². The zero-order valence-corrected chi connectivity index (χ0v) is 11.9. The molecular formula is C14H12BrNO3. The molecule has 0 atom stereocenters. The third-order valence-corrected chi connectivity index (χ3v) is 3.23. The molecule has 0 fully saturated rings. The highest BCUT2D eigenvalue weighted by Gasteiger charge is 2.11. The van der Waals surface area contributed by atoms with Gasteiger partial charge in [-0.1, -0.05) is 30.3 Å². The first-order valence-electron chi connectivity index (χ1n) is 5.64. The van der Waals surface area contributed by atoms with Gasteiger partial charge in [0.1, 0.15) is 0 Å². The Bertz CT molecular complexity index is 649. The second kappa shape index (κ2) is 5.84. The van der Waals surface area contributed by atoms with Crippen molar-refractivity contribution in [1.29, 1.82) is 0 Å². The lowest BCUT2D eigenvalue weighted by molar-refractivity contribution is 0.0599. The van der Waals surface area contributed by atoms with Crippen LogP contribution in [0.1, 0.15) is 15.9 Å². The van der Waals surface area contributed by atoms with Crippen LogP contribution in [-0.4, -0.2) is 17.6 Å². The quantitative estimate of drug-likeness (QED) is 0.816. The molecule has 0 unspecified atom stereocenters. The molecule has 0 saturated carbocycles. The first-order valence-corrected chi connectivity index (χ1v) is 6.43. The molecule has 0 N–H and O–H groups in total. The van der Waals surface area contributed by atoms with Crippen LogP contribution in [0.5, 0.6) is 0 Å². The van der Waals surface area contributed by atoms with Crippen LogP contribution in [0, 0.1) is 0 Å². The first kappa shape index (κ1) is 13.5. The molecule has 0 aliphatic carbocycles. The Kier molecular flexibility index (Phi) is 4.16. The highest BCUT2D eigenvalue weighted by atomic mass is 79.9. The van der Waals surface area contributed by atoms with Gasteiger partial charge in [0, 0.05) is 6.20 Å². The molecule has 1 aromatic heterocycles. The molecule has 1 heterocycles. The van der Waals surface area contributed by atoms with Crippen molar-refractivity contribution in [2.75, 3.05) is 7.11 Å². The number of pyridine rings is 1. The van der Waals surface area contributed by atoms with Crippen molar-refractivity contribution in [1.82, 2.24) is 4.57 Å². The summed E-state index contributed by atoms with van der Waals surface area (Å²) in [6, 6.07) is 11.0. The van der Waals surface area contributed by atoms with E-state index in [1.54, 1.807) is 0 Å². The van der Waals surface area contributed by atoms with Crippen LogP contribution in [0.2, 0.25) is 0 Å². The van der Waals surface area contributed by atoms with E-state index in [0.29, 0.717) is 16.6 Å². The summed E-state index contributed by atoms with van der Waals surface area (Å²) < 4.78 is 6.48. The summed E-state index contributed by atoms with van der Waals surface area (Å²) in [4.78, 5) is 23.5. The Hall–Kier alpha value is -1.88. The molecule has 0 amide bonds. The first-order chi connectivity index (χ1) is 9.11. The van der Waals surface area contributed by atoms with Crippen LogP contribution in [-0.2, 0) is 11.3 Å². The number of hydrogen-bond donors (Lipinski definition) is 0. The van der Waals surface area contributed by atoms with Gasteiger partial charge in [0.05, 0.1) is 23.7 Å². The summed E-state index contributed by atoms with van der Waals surface area (Å²) in [6.45, 7) is 0.406. The maximum atomic E-state index is 12.0. The molecule has 0 saturated heterocycles. The lowest BCUT2D eigenvalue weighted by Gasteiger charge is -2.08. The second-order valence-electron chi connectivity index (χ2n) is 3.99. The van der Waals surface area contributed by atoms with Crippen LogP contribution in [0.4, 0.5) is 0 Å². The number of benzene rings is 1. The summed E-state index contributed by atoms with van der Waals surface area (Å²) in [5.74, 6) is -0.470. The highest BCUT2D eigenvalue weighted by Crippen LogP contribution is 2.10. The zero-order chi connectivity index (χ0) is 13.8. The average Bonchev–Trinajstić information content (AvgIpc) is 2.44. The molecule has 0 spiro atoms. The number of hydrogen-bond acceptors (Lipinski definition) is 3. The molecule has 0 aliphatic rings. The van der Waals surface area contributed by atoms with Gasteiger partial charge in [-0.2, -0.15) is 0 Å². The molecule has 1 aromatic carbocycles. The number of methoxy groups -OCH3 is 1. The predicted molar refractivity (Wildman–Crippen MR) is 75.3 cm³/mol. The molecule has 4 nitrogen and oxygen atoms in total. The van der Waals surface area contributed by atoms with E-state index in [1.807, 2.05) is 30.3 Å². The van der Waals surface area contributed by atoms with Crippen molar-refractivity contribution in [3.63, 3.8) is 0 Å². The molecule has 2 rings (SSSR count). The van der Waals surface area contributed by atoms with Gasteiger partial charge < -0.3 is 9.30 Å². The summed E-state index contributed by atoms with van der Waals surface area (Å²) in [5.41, 5.74) is 1.14. The summed E-state index contributed by atoms with van der Waals surface area (Å²) in [5, 5.41) is 0. The topological polar surface area (TPSA) is 48.3 Å². The largest absolute Gasteiger partial charge is 0.465 e. The van der Waals surface area contributed by atoms with Gasteiger partial charge in [-0.15, -0.1) is 0 Å². The number of rotatable bonds is 3. The molecule has 0 radical (unpaired) electrons. The van der Waals surface area contributed by atoms with Crippen molar-refractivity contribution >= 4 is 21.9 Å². The number of aromatic nitrogens is 1. The van der Waals surface area contributed by atoms with Gasteiger partial charge in [0.15, 0.2) is 0 Å². The number of nitrogens with zero attached hydrogens (tertiary/aromatic N) is 1. The molecule has 0 bridgehead atoms. The maximum absolute atomic E-state index is 12.0. The van der Waals surface area contributed by atoms with Crippen LogP contribution in [0.15, 0.2) is 51.9 Å². The van der Waals surface area contributed by atoms with Gasteiger partial charge in [-0.25, -0.2) is 4.79 Å². The van der Waals surface area contributed by atoms with Crippen molar-refractivity contribution < 1.29 is 9.53 Å². The third kappa shape index (κ3) is 3.12. The van der Waals surface area contributed by atoms with Crippen molar-refractivity contribution in [3.05, 3.63) is 68.5 Å². The van der Waals surface area contributed by atoms with Gasteiger partial charge >= 0.3 is 5.97 Å². The summed E-state index contributed by atoms with van der Waals surface area (Å²) in [7, 11) is 1.31. The van der Waals surface area contributed by atoms with E-state index in [-0.39, 0.29) is 5.56 Å². The number of carbonyl (C=O) groups excluding carboxylic acids is 1. The number of carbonyl (C=O) groups is 1. The monoisotopic (exact) mass is 321 g/mol. The van der Waals surface area contributed by atoms with Crippen LogP contribution < -0.4 is 5.56 Å². The van der Waals surface area contributed by atoms with Gasteiger partial charge in [0.2, 0.25) is 0 Å². The fourth-order valence-electron chi connectivity index (χ4n) is 1.73. The molecule has 98 valence electrons. The fraction of sp³-hybridized carbons (Fsp3) is 0.143. The van der Waals surface area contributed by atoms with E-state index in [2.05, 4.69) is 20.7 Å². The average molecular weight is 322 g/mol. The Balaban J connectivity index is 2.42. The van der Waals surface area contributed by atoms with Crippen molar-refractivity contribution in [3.8, 4) is 0 Å². The third-order valence-electron chi connectivity index (χ3n) is 2.66. The van der Waals surface area contributed by atoms with E-state index in [1.165, 1.54) is 23.9 Å². The number of ether oxygens (including phenoxy) is 1. The Morgan fingerprint density at radius 2 is 2.00 bits per heavy atom. The van der Waals surface area contributed by atoms with Crippen molar-refractivity contribution in [2.45, 2.75) is 6.54 Å². The van der Waals surface area contributed by atoms with Gasteiger partial charge in [-0.3, -0.25) is 4.79 Å². The number of esters is 1. The van der Waals surface area contributed by atoms with Crippen molar-refractivity contribution in [2.24, 2.45) is 0 Å². The van der Waals surface area contributed by atoms with Gasteiger partial charge in [0.25, 0.3) is 5.56 Å². The van der Waals surface area contributed by atoms with Crippen LogP contribution in [0.25, 0.3) is 0 Å². The minimum absolute atomic E-state index is 0.184. The molecule has 0 aliphatic heterocycles. The van der Waals surface area contributed by atoms with E-state index >= 15 is 0 Å². The van der Waals surface area contributed by atoms with Crippen LogP contribution >= 0.6 is 15.9 Å². The molecule has 2 aromatic rings. The van der Waals surface area contributed by atoms with E-state index in [0.717, 1.165) is 5.56 Å². The van der Waals surface area contributed by atoms with E-state index < -0.39 is 5.97 Å². The summed E-state index contributed by atoms with van der Waals surface area (Å²) in [6.07, 6.45) is 1.51. The Labute approximate surface area is 118 Å². The zero-order valence-electron chi connectivity index (χ0n) is 10.3. The SMILES string of the molecule is COC(=O)c1cc(Br)c(=O)n(Cc2ccccc2)c1. The standard InChI is InChI=1S/C14H12BrNO3/c1-19-14(18)11-7-12(15)13(17)16(9-11)8-10-5-3-2-4-6-10/h2-7,9H,8H2,1H3. The van der Waals surface area contributed by atoms with Crippen LogP contribution in [0.3, 0.4) is 0 Å². The lowest BCUT2D eigenvalue weighted by atomic mass is 10.2. The number of halogens is 1. The smallest absolute Gasteiger partial charge is 0.339 e. The Morgan fingerprint density at radius 1 is 1.32 bits per heavy atom. The second-order valence-corrected chi connectivity index (χ2v) is 4.84. The predicted octanol–water partition coefficient (Wildman–Crippen LogP) is 2.45.